The second-order valence-corrected chi connectivity index (χ2v) is 3.95. The Kier molecular flexibility index (Phi) is 4.80. The average Bonchev–Trinajstić information content (AvgIpc) is 2.29. The molecule has 0 saturated heterocycles. The van der Waals surface area contributed by atoms with Crippen molar-refractivity contribution in [3.8, 4) is 6.19 Å². The number of hydrogen-bond acceptors (Lipinski definition) is 3. The van der Waals surface area contributed by atoms with Gasteiger partial charge < -0.3 is 4.90 Å². The summed E-state index contributed by atoms with van der Waals surface area (Å²) in [4.78, 5) is 5.54. The van der Waals surface area contributed by atoms with Crippen LogP contribution in [-0.2, 0) is 6.54 Å². The molecule has 84 valence electrons. The number of nitrogens with zero attached hydrogens (tertiary/aromatic N) is 3. The zero-order chi connectivity index (χ0) is 12.0. The van der Waals surface area contributed by atoms with Gasteiger partial charge in [-0.15, -0.1) is 4.99 Å². The Morgan fingerprint density at radius 3 is 2.62 bits per heavy atom. The summed E-state index contributed by atoms with van der Waals surface area (Å²) >= 11 is 1.40. The summed E-state index contributed by atoms with van der Waals surface area (Å²) in [5.74, 6) is -0.248. The molecule has 0 unspecified atom stereocenters. The average molecular weight is 237 g/mol. The monoisotopic (exact) mass is 237 g/mol. The molecule has 3 nitrogen and oxygen atoms in total. The van der Waals surface area contributed by atoms with Crippen molar-refractivity contribution in [1.82, 2.24) is 4.90 Å². The highest BCUT2D eigenvalue weighted by atomic mass is 32.2. The molecule has 1 rings (SSSR count). The topological polar surface area (TPSA) is 39.4 Å². The van der Waals surface area contributed by atoms with Crippen LogP contribution in [0.3, 0.4) is 0 Å². The lowest BCUT2D eigenvalue weighted by atomic mass is 10.2. The lowest BCUT2D eigenvalue weighted by Gasteiger charge is -2.18. The van der Waals surface area contributed by atoms with Crippen LogP contribution in [0.25, 0.3) is 0 Å². The van der Waals surface area contributed by atoms with Crippen molar-refractivity contribution in [2.24, 2.45) is 4.99 Å². The number of aliphatic imine (C=N–C) groups is 1. The quantitative estimate of drug-likeness (QED) is 0.450. The molecule has 0 amide bonds. The van der Waals surface area contributed by atoms with Crippen LogP contribution in [0.1, 0.15) is 5.56 Å². The van der Waals surface area contributed by atoms with Crippen molar-refractivity contribution < 1.29 is 4.39 Å². The molecule has 1 aromatic rings. The molecule has 0 aromatic heterocycles. The molecule has 0 N–H and O–H groups in total. The van der Waals surface area contributed by atoms with E-state index < -0.39 is 0 Å². The van der Waals surface area contributed by atoms with Crippen molar-refractivity contribution in [2.45, 2.75) is 6.54 Å². The van der Waals surface area contributed by atoms with Gasteiger partial charge in [-0.2, -0.15) is 5.26 Å². The molecule has 0 aliphatic rings. The standard InChI is InChI=1S/C11H12FN3S/c1-15(11(16-2)14-8-13)7-9-3-5-10(12)6-4-9/h3-6H,7H2,1-2H3. The molecule has 0 spiro atoms. The maximum atomic E-state index is 12.7. The number of amidine groups is 1. The highest BCUT2D eigenvalue weighted by molar-refractivity contribution is 8.13. The molecular formula is C11H12FN3S. The molecule has 0 bridgehead atoms. The van der Waals surface area contributed by atoms with E-state index in [2.05, 4.69) is 4.99 Å². The van der Waals surface area contributed by atoms with Crippen LogP contribution in [0.15, 0.2) is 29.3 Å². The number of nitriles is 1. The summed E-state index contributed by atoms with van der Waals surface area (Å²) in [6.45, 7) is 0.599. The van der Waals surface area contributed by atoms with Crippen molar-refractivity contribution in [1.29, 1.82) is 5.26 Å². The minimum Gasteiger partial charge on any atom is -0.349 e. The first-order valence-corrected chi connectivity index (χ1v) is 5.86. The molecule has 1 aromatic carbocycles. The Labute approximate surface area is 98.6 Å². The molecule has 5 heteroatoms. The van der Waals surface area contributed by atoms with E-state index in [9.17, 15) is 4.39 Å². The molecular weight excluding hydrogens is 225 g/mol. The normalized spacial score (nSPS) is 11.0. The predicted molar refractivity (Wildman–Crippen MR) is 64.4 cm³/mol. The maximum absolute atomic E-state index is 12.7. The van der Waals surface area contributed by atoms with E-state index in [1.165, 1.54) is 23.9 Å². The Morgan fingerprint density at radius 1 is 1.50 bits per heavy atom. The zero-order valence-electron chi connectivity index (χ0n) is 9.14. The fourth-order valence-corrected chi connectivity index (χ4v) is 1.77. The summed E-state index contributed by atoms with van der Waals surface area (Å²) in [5.41, 5.74) is 0.976. The number of thioether (sulfide) groups is 1. The third-order valence-electron chi connectivity index (χ3n) is 1.99. The van der Waals surface area contributed by atoms with Crippen molar-refractivity contribution in [3.05, 3.63) is 35.6 Å². The minimum atomic E-state index is -0.248. The molecule has 0 saturated carbocycles. The van der Waals surface area contributed by atoms with Crippen LogP contribution in [0, 0.1) is 17.3 Å². The van der Waals surface area contributed by atoms with Crippen LogP contribution in [0.5, 0.6) is 0 Å². The van der Waals surface area contributed by atoms with Gasteiger partial charge in [0.05, 0.1) is 0 Å². The van der Waals surface area contributed by atoms with E-state index >= 15 is 0 Å². The summed E-state index contributed by atoms with van der Waals surface area (Å²) in [7, 11) is 1.84. The predicted octanol–water partition coefficient (Wildman–Crippen LogP) is 2.46. The van der Waals surface area contributed by atoms with E-state index in [0.717, 1.165) is 5.56 Å². The van der Waals surface area contributed by atoms with Gasteiger partial charge in [0.2, 0.25) is 6.19 Å². The molecule has 0 radical (unpaired) electrons. The lowest BCUT2D eigenvalue weighted by molar-refractivity contribution is 0.510. The third kappa shape index (κ3) is 3.55. The van der Waals surface area contributed by atoms with E-state index in [1.807, 2.05) is 18.2 Å². The Hall–Kier alpha value is -1.54. The van der Waals surface area contributed by atoms with Gasteiger partial charge in [-0.1, -0.05) is 23.9 Å². The first kappa shape index (κ1) is 12.5. The highest BCUT2D eigenvalue weighted by Crippen LogP contribution is 2.10. The maximum Gasteiger partial charge on any atom is 0.208 e. The molecule has 0 heterocycles. The third-order valence-corrected chi connectivity index (χ3v) is 2.76. The van der Waals surface area contributed by atoms with Gasteiger partial charge >= 0.3 is 0 Å². The summed E-state index contributed by atoms with van der Waals surface area (Å²) in [6.07, 6.45) is 3.62. The minimum absolute atomic E-state index is 0.248. The van der Waals surface area contributed by atoms with Gasteiger partial charge in [-0.05, 0) is 24.0 Å². The van der Waals surface area contributed by atoms with Crippen molar-refractivity contribution in [2.75, 3.05) is 13.3 Å². The number of hydrogen-bond donors (Lipinski definition) is 0. The number of benzene rings is 1. The Balaban J connectivity index is 2.71. The molecule has 0 atom stereocenters. The van der Waals surface area contributed by atoms with E-state index in [0.29, 0.717) is 11.7 Å². The Bertz CT molecular complexity index is 408. The summed E-state index contributed by atoms with van der Waals surface area (Å²) in [6, 6.07) is 6.28. The van der Waals surface area contributed by atoms with Crippen LogP contribution in [0.2, 0.25) is 0 Å². The molecule has 0 aliphatic carbocycles. The van der Waals surface area contributed by atoms with Gasteiger partial charge in [0, 0.05) is 13.6 Å². The van der Waals surface area contributed by atoms with E-state index in [4.69, 9.17) is 5.26 Å². The largest absolute Gasteiger partial charge is 0.349 e. The number of halogens is 1. The Morgan fingerprint density at radius 2 is 2.12 bits per heavy atom. The van der Waals surface area contributed by atoms with Gasteiger partial charge in [0.15, 0.2) is 5.17 Å². The lowest BCUT2D eigenvalue weighted by Crippen LogP contribution is -2.23. The van der Waals surface area contributed by atoms with E-state index in [1.54, 1.807) is 18.3 Å². The van der Waals surface area contributed by atoms with Crippen LogP contribution >= 0.6 is 11.8 Å². The van der Waals surface area contributed by atoms with Gasteiger partial charge in [-0.3, -0.25) is 0 Å². The fraction of sp³-hybridized carbons (Fsp3) is 0.273. The van der Waals surface area contributed by atoms with Crippen molar-refractivity contribution >= 4 is 16.9 Å². The second-order valence-electron chi connectivity index (χ2n) is 3.18. The van der Waals surface area contributed by atoms with Gasteiger partial charge in [-0.25, -0.2) is 4.39 Å². The zero-order valence-corrected chi connectivity index (χ0v) is 9.96. The number of rotatable bonds is 2. The van der Waals surface area contributed by atoms with Crippen molar-refractivity contribution in [3.63, 3.8) is 0 Å². The summed E-state index contributed by atoms with van der Waals surface area (Å²) in [5, 5.41) is 9.14. The molecule has 16 heavy (non-hydrogen) atoms. The fourth-order valence-electron chi connectivity index (χ4n) is 1.26. The molecule has 0 fully saturated rings. The van der Waals surface area contributed by atoms with E-state index in [-0.39, 0.29) is 5.82 Å². The first-order chi connectivity index (χ1) is 7.67. The smallest absolute Gasteiger partial charge is 0.208 e. The summed E-state index contributed by atoms with van der Waals surface area (Å²) < 4.78 is 12.7. The van der Waals surface area contributed by atoms with Crippen LogP contribution < -0.4 is 0 Å². The second kappa shape index (κ2) is 6.13. The first-order valence-electron chi connectivity index (χ1n) is 4.63. The molecule has 0 aliphatic heterocycles. The van der Waals surface area contributed by atoms with Gasteiger partial charge in [0.25, 0.3) is 0 Å². The van der Waals surface area contributed by atoms with Crippen LogP contribution in [-0.4, -0.2) is 23.4 Å². The SMILES string of the molecule is CSC(=NC#N)N(C)Cc1ccc(F)cc1. The van der Waals surface area contributed by atoms with Gasteiger partial charge in [0.1, 0.15) is 5.82 Å². The highest BCUT2D eigenvalue weighted by Gasteiger charge is 2.05. The van der Waals surface area contributed by atoms with Crippen LogP contribution in [0.4, 0.5) is 4.39 Å².